The monoisotopic (exact) mass is 268 g/mol. The van der Waals surface area contributed by atoms with Crippen LogP contribution in [0.15, 0.2) is 54.9 Å². The van der Waals surface area contributed by atoms with E-state index in [1.807, 2.05) is 53.3 Å². The molecule has 0 bridgehead atoms. The summed E-state index contributed by atoms with van der Waals surface area (Å²) in [7, 11) is 0. The second-order valence-corrected chi connectivity index (χ2v) is 4.55. The maximum absolute atomic E-state index is 6.11. The van der Waals surface area contributed by atoms with E-state index in [2.05, 4.69) is 16.1 Å². The van der Waals surface area contributed by atoms with Crippen LogP contribution in [-0.2, 0) is 6.54 Å². The summed E-state index contributed by atoms with van der Waals surface area (Å²) < 4.78 is 1.87. The molecule has 4 heteroatoms. The molecule has 0 saturated carbocycles. The summed E-state index contributed by atoms with van der Waals surface area (Å²) in [6.45, 7) is 0.721. The molecule has 2 aromatic heterocycles. The topological polar surface area (TPSA) is 30.7 Å². The van der Waals surface area contributed by atoms with E-state index in [9.17, 15) is 0 Å². The van der Waals surface area contributed by atoms with E-state index in [0.29, 0.717) is 10.7 Å². The Morgan fingerprint density at radius 2 is 2.00 bits per heavy atom. The van der Waals surface area contributed by atoms with Gasteiger partial charge in [0.25, 0.3) is 0 Å². The molecular formula is C15H11ClN3. The highest BCUT2D eigenvalue weighted by Crippen LogP contribution is 2.23. The molecule has 0 aliphatic rings. The molecule has 0 spiro atoms. The SMILES string of the molecule is Clc1cccnc1-c1ccn(Cc2cc[c]cc2)n1. The van der Waals surface area contributed by atoms with Gasteiger partial charge in [0.1, 0.15) is 11.4 Å². The molecule has 0 atom stereocenters. The van der Waals surface area contributed by atoms with Crippen LogP contribution >= 0.6 is 11.6 Å². The van der Waals surface area contributed by atoms with Gasteiger partial charge in [-0.25, -0.2) is 0 Å². The van der Waals surface area contributed by atoms with E-state index < -0.39 is 0 Å². The fourth-order valence-electron chi connectivity index (χ4n) is 1.86. The van der Waals surface area contributed by atoms with Crippen molar-refractivity contribution in [2.75, 3.05) is 0 Å². The second-order valence-electron chi connectivity index (χ2n) is 4.14. The van der Waals surface area contributed by atoms with Crippen molar-refractivity contribution in [1.82, 2.24) is 14.8 Å². The maximum Gasteiger partial charge on any atom is 0.112 e. The summed E-state index contributed by atoms with van der Waals surface area (Å²) in [5.74, 6) is 0. The van der Waals surface area contributed by atoms with Gasteiger partial charge in [-0.15, -0.1) is 0 Å². The van der Waals surface area contributed by atoms with Crippen LogP contribution in [0.4, 0.5) is 0 Å². The first kappa shape index (κ1) is 11.9. The summed E-state index contributed by atoms with van der Waals surface area (Å²) in [4.78, 5) is 4.26. The highest BCUT2D eigenvalue weighted by atomic mass is 35.5. The van der Waals surface area contributed by atoms with Crippen molar-refractivity contribution in [2.24, 2.45) is 0 Å². The lowest BCUT2D eigenvalue weighted by Gasteiger charge is -2.01. The zero-order valence-corrected chi connectivity index (χ0v) is 10.9. The van der Waals surface area contributed by atoms with Gasteiger partial charge in [0.2, 0.25) is 0 Å². The van der Waals surface area contributed by atoms with Crippen LogP contribution < -0.4 is 0 Å². The lowest BCUT2D eigenvalue weighted by atomic mass is 10.2. The van der Waals surface area contributed by atoms with Crippen molar-refractivity contribution in [3.8, 4) is 11.4 Å². The Balaban J connectivity index is 1.86. The lowest BCUT2D eigenvalue weighted by Crippen LogP contribution is -2.00. The minimum Gasteiger partial charge on any atom is -0.268 e. The van der Waals surface area contributed by atoms with Crippen LogP contribution in [0, 0.1) is 6.07 Å². The Morgan fingerprint density at radius 3 is 2.79 bits per heavy atom. The van der Waals surface area contributed by atoms with Crippen molar-refractivity contribution in [3.63, 3.8) is 0 Å². The number of benzene rings is 1. The summed E-state index contributed by atoms with van der Waals surface area (Å²) in [6.07, 6.45) is 3.64. The van der Waals surface area contributed by atoms with Crippen molar-refractivity contribution < 1.29 is 0 Å². The predicted molar refractivity (Wildman–Crippen MR) is 74.8 cm³/mol. The van der Waals surface area contributed by atoms with Crippen molar-refractivity contribution in [3.05, 3.63) is 71.5 Å². The van der Waals surface area contributed by atoms with Crippen LogP contribution in [0.5, 0.6) is 0 Å². The highest BCUT2D eigenvalue weighted by Gasteiger charge is 2.07. The van der Waals surface area contributed by atoms with E-state index in [1.54, 1.807) is 6.20 Å². The number of nitrogens with zero attached hydrogens (tertiary/aromatic N) is 3. The van der Waals surface area contributed by atoms with Crippen molar-refractivity contribution in [1.29, 1.82) is 0 Å². The number of rotatable bonds is 3. The zero-order valence-electron chi connectivity index (χ0n) is 10.1. The fraction of sp³-hybridized carbons (Fsp3) is 0.0667. The van der Waals surface area contributed by atoms with Crippen molar-refractivity contribution in [2.45, 2.75) is 6.54 Å². The molecule has 0 aliphatic carbocycles. The van der Waals surface area contributed by atoms with Gasteiger partial charge in [-0.1, -0.05) is 35.9 Å². The summed E-state index contributed by atoms with van der Waals surface area (Å²) in [5, 5.41) is 5.11. The molecule has 2 heterocycles. The van der Waals surface area contributed by atoms with Crippen LogP contribution in [0.1, 0.15) is 5.56 Å². The van der Waals surface area contributed by atoms with Gasteiger partial charge in [-0.3, -0.25) is 9.67 Å². The van der Waals surface area contributed by atoms with Gasteiger partial charge in [-0.05, 0) is 29.8 Å². The van der Waals surface area contributed by atoms with E-state index in [0.717, 1.165) is 12.2 Å². The number of hydrogen-bond acceptors (Lipinski definition) is 2. The summed E-state index contributed by atoms with van der Waals surface area (Å²) in [5.41, 5.74) is 2.68. The lowest BCUT2D eigenvalue weighted by molar-refractivity contribution is 0.689. The molecule has 93 valence electrons. The van der Waals surface area contributed by atoms with Crippen molar-refractivity contribution >= 4 is 11.6 Å². The molecule has 19 heavy (non-hydrogen) atoms. The smallest absolute Gasteiger partial charge is 0.112 e. The Hall–Kier alpha value is -2.13. The van der Waals surface area contributed by atoms with E-state index in [1.165, 1.54) is 5.56 Å². The molecule has 0 N–H and O–H groups in total. The number of pyridine rings is 1. The third kappa shape index (κ3) is 2.66. The highest BCUT2D eigenvalue weighted by molar-refractivity contribution is 6.32. The van der Waals surface area contributed by atoms with Crippen LogP contribution in [0.3, 0.4) is 0 Å². The average molecular weight is 269 g/mol. The minimum absolute atomic E-state index is 0.613. The molecule has 1 radical (unpaired) electrons. The normalized spacial score (nSPS) is 10.6. The Kier molecular flexibility index (Phi) is 3.29. The van der Waals surface area contributed by atoms with Gasteiger partial charge in [0.05, 0.1) is 11.6 Å². The number of aromatic nitrogens is 3. The molecule has 1 aromatic carbocycles. The maximum atomic E-state index is 6.11. The quantitative estimate of drug-likeness (QED) is 0.728. The summed E-state index contributed by atoms with van der Waals surface area (Å²) in [6, 6.07) is 16.4. The largest absolute Gasteiger partial charge is 0.268 e. The molecule has 0 fully saturated rings. The third-order valence-electron chi connectivity index (χ3n) is 2.77. The molecule has 0 unspecified atom stereocenters. The molecule has 3 aromatic rings. The van der Waals surface area contributed by atoms with E-state index in [4.69, 9.17) is 11.6 Å². The molecule has 0 saturated heterocycles. The Morgan fingerprint density at radius 1 is 1.16 bits per heavy atom. The number of hydrogen-bond donors (Lipinski definition) is 0. The molecule has 0 amide bonds. The first-order valence-corrected chi connectivity index (χ1v) is 6.30. The van der Waals surface area contributed by atoms with Crippen LogP contribution in [-0.4, -0.2) is 14.8 Å². The Labute approximate surface area is 116 Å². The molecule has 0 aliphatic heterocycles. The third-order valence-corrected chi connectivity index (χ3v) is 3.08. The molecular weight excluding hydrogens is 258 g/mol. The summed E-state index contributed by atoms with van der Waals surface area (Å²) >= 11 is 6.11. The second kappa shape index (κ2) is 5.24. The first-order chi connectivity index (χ1) is 9.33. The van der Waals surface area contributed by atoms with Crippen LogP contribution in [0.25, 0.3) is 11.4 Å². The predicted octanol–water partition coefficient (Wildman–Crippen LogP) is 3.45. The Bertz CT molecular complexity index is 677. The standard InChI is InChI=1S/C15H11ClN3/c16-13-7-4-9-17-15(13)14-8-10-19(18-14)11-12-5-2-1-3-6-12/h2-10H,11H2. The van der Waals surface area contributed by atoms with Gasteiger partial charge in [-0.2, -0.15) is 5.10 Å². The van der Waals surface area contributed by atoms with E-state index >= 15 is 0 Å². The van der Waals surface area contributed by atoms with E-state index in [-0.39, 0.29) is 0 Å². The van der Waals surface area contributed by atoms with Gasteiger partial charge in [0.15, 0.2) is 0 Å². The number of halogens is 1. The van der Waals surface area contributed by atoms with Gasteiger partial charge < -0.3 is 0 Å². The van der Waals surface area contributed by atoms with Gasteiger partial charge >= 0.3 is 0 Å². The molecule has 3 rings (SSSR count). The average Bonchev–Trinajstić information content (AvgIpc) is 2.89. The van der Waals surface area contributed by atoms with Gasteiger partial charge in [0, 0.05) is 12.4 Å². The zero-order chi connectivity index (χ0) is 13.1. The first-order valence-electron chi connectivity index (χ1n) is 5.92. The minimum atomic E-state index is 0.613. The fourth-order valence-corrected chi connectivity index (χ4v) is 2.08. The van der Waals surface area contributed by atoms with Crippen LogP contribution in [0.2, 0.25) is 5.02 Å². The molecule has 3 nitrogen and oxygen atoms in total.